The molecule has 22 heavy (non-hydrogen) atoms. The molecule has 2 aromatic rings. The van der Waals surface area contributed by atoms with Crippen molar-refractivity contribution in [2.24, 2.45) is 0 Å². The van der Waals surface area contributed by atoms with E-state index >= 15 is 0 Å². The number of aliphatic hydroxyl groups excluding tert-OH is 1. The van der Waals surface area contributed by atoms with Crippen LogP contribution in [0, 0.1) is 0 Å². The SMILES string of the molecule is C=C[C@@H](/C=C\CO)N(Cc1ccccc1)Cc1ccccc1. The predicted molar refractivity (Wildman–Crippen MR) is 92.3 cm³/mol. The summed E-state index contributed by atoms with van der Waals surface area (Å²) in [5, 5.41) is 9.03. The zero-order chi connectivity index (χ0) is 15.6. The van der Waals surface area contributed by atoms with E-state index in [1.807, 2.05) is 24.3 Å². The Bertz CT molecular complexity index is 536. The highest BCUT2D eigenvalue weighted by atomic mass is 16.2. The summed E-state index contributed by atoms with van der Waals surface area (Å²) < 4.78 is 0. The van der Waals surface area contributed by atoms with Gasteiger partial charge in [0.05, 0.1) is 6.61 Å². The predicted octanol–water partition coefficient (Wildman–Crippen LogP) is 3.79. The Morgan fingerprint density at radius 2 is 1.41 bits per heavy atom. The Labute approximate surface area is 133 Å². The summed E-state index contributed by atoms with van der Waals surface area (Å²) in [6.07, 6.45) is 5.69. The van der Waals surface area contributed by atoms with E-state index in [-0.39, 0.29) is 12.6 Å². The second-order valence-corrected chi connectivity index (χ2v) is 5.21. The Kier molecular flexibility index (Phi) is 6.62. The van der Waals surface area contributed by atoms with Crippen LogP contribution in [0.4, 0.5) is 0 Å². The lowest BCUT2D eigenvalue weighted by molar-refractivity contribution is 0.240. The molecule has 0 aliphatic carbocycles. The highest BCUT2D eigenvalue weighted by molar-refractivity contribution is 5.19. The first-order valence-electron chi connectivity index (χ1n) is 7.55. The number of nitrogens with zero attached hydrogens (tertiary/aromatic N) is 1. The van der Waals surface area contributed by atoms with Gasteiger partial charge in [-0.1, -0.05) is 78.9 Å². The third-order valence-corrected chi connectivity index (χ3v) is 3.56. The summed E-state index contributed by atoms with van der Waals surface area (Å²) in [6, 6.07) is 20.9. The zero-order valence-corrected chi connectivity index (χ0v) is 12.8. The van der Waals surface area contributed by atoms with Crippen molar-refractivity contribution in [3.63, 3.8) is 0 Å². The molecule has 1 atom stereocenters. The molecule has 0 heterocycles. The summed E-state index contributed by atoms with van der Waals surface area (Å²) in [7, 11) is 0. The molecule has 1 N–H and O–H groups in total. The van der Waals surface area contributed by atoms with Crippen molar-refractivity contribution in [1.29, 1.82) is 0 Å². The second-order valence-electron chi connectivity index (χ2n) is 5.21. The van der Waals surface area contributed by atoms with Crippen LogP contribution in [0.2, 0.25) is 0 Å². The van der Waals surface area contributed by atoms with Crippen molar-refractivity contribution in [3.05, 3.63) is 96.6 Å². The Balaban J connectivity index is 2.19. The van der Waals surface area contributed by atoms with Crippen LogP contribution in [-0.2, 0) is 13.1 Å². The van der Waals surface area contributed by atoms with Crippen molar-refractivity contribution in [1.82, 2.24) is 4.90 Å². The maximum atomic E-state index is 9.03. The van der Waals surface area contributed by atoms with Crippen LogP contribution >= 0.6 is 0 Å². The van der Waals surface area contributed by atoms with Crippen LogP contribution in [0.5, 0.6) is 0 Å². The van der Waals surface area contributed by atoms with Crippen LogP contribution in [0.15, 0.2) is 85.5 Å². The number of hydrogen-bond acceptors (Lipinski definition) is 2. The Morgan fingerprint density at radius 1 is 0.909 bits per heavy atom. The van der Waals surface area contributed by atoms with Gasteiger partial charge in [0, 0.05) is 19.1 Å². The minimum absolute atomic E-state index is 0.0505. The number of hydrogen-bond donors (Lipinski definition) is 1. The van der Waals surface area contributed by atoms with Crippen LogP contribution < -0.4 is 0 Å². The van der Waals surface area contributed by atoms with Crippen molar-refractivity contribution in [2.45, 2.75) is 19.1 Å². The molecular formula is C20H23NO. The van der Waals surface area contributed by atoms with Crippen LogP contribution in [0.25, 0.3) is 0 Å². The van der Waals surface area contributed by atoms with Gasteiger partial charge in [-0.3, -0.25) is 4.90 Å². The van der Waals surface area contributed by atoms with Crippen molar-refractivity contribution >= 4 is 0 Å². The molecule has 2 nitrogen and oxygen atoms in total. The largest absolute Gasteiger partial charge is 0.392 e. The molecular weight excluding hydrogens is 270 g/mol. The topological polar surface area (TPSA) is 23.5 Å². The zero-order valence-electron chi connectivity index (χ0n) is 12.8. The molecule has 0 radical (unpaired) electrons. The minimum atomic E-state index is 0.0505. The lowest BCUT2D eigenvalue weighted by Crippen LogP contribution is -2.31. The molecule has 2 heteroatoms. The fraction of sp³-hybridized carbons (Fsp3) is 0.200. The van der Waals surface area contributed by atoms with Gasteiger partial charge in [0.1, 0.15) is 0 Å². The first-order valence-corrected chi connectivity index (χ1v) is 7.55. The smallest absolute Gasteiger partial charge is 0.0613 e. The van der Waals surface area contributed by atoms with Gasteiger partial charge < -0.3 is 5.11 Å². The van der Waals surface area contributed by atoms with Crippen LogP contribution in [-0.4, -0.2) is 22.7 Å². The van der Waals surface area contributed by atoms with Crippen molar-refractivity contribution in [2.75, 3.05) is 6.61 Å². The standard InChI is InChI=1S/C20H23NO/c1-2-20(14-9-15-22)21(16-18-10-5-3-6-11-18)17-19-12-7-4-8-13-19/h2-14,20,22H,1,15-17H2/b14-9-/t20-/m0/s1. The van der Waals surface area contributed by atoms with Gasteiger partial charge in [0.2, 0.25) is 0 Å². The van der Waals surface area contributed by atoms with E-state index in [9.17, 15) is 0 Å². The van der Waals surface area contributed by atoms with Gasteiger partial charge in [-0.25, -0.2) is 0 Å². The van der Waals surface area contributed by atoms with Crippen LogP contribution in [0.3, 0.4) is 0 Å². The monoisotopic (exact) mass is 293 g/mol. The van der Waals surface area contributed by atoms with Gasteiger partial charge in [-0.05, 0) is 11.1 Å². The molecule has 2 aromatic carbocycles. The summed E-state index contributed by atoms with van der Waals surface area (Å²) in [5.41, 5.74) is 2.53. The second kappa shape index (κ2) is 8.98. The molecule has 0 aromatic heterocycles. The van der Waals surface area contributed by atoms with Crippen LogP contribution in [0.1, 0.15) is 11.1 Å². The molecule has 0 fully saturated rings. The third kappa shape index (κ3) is 4.99. The van der Waals surface area contributed by atoms with E-state index < -0.39 is 0 Å². The minimum Gasteiger partial charge on any atom is -0.392 e. The lowest BCUT2D eigenvalue weighted by atomic mass is 10.1. The van der Waals surface area contributed by atoms with E-state index in [2.05, 4.69) is 60.0 Å². The molecule has 0 bridgehead atoms. The van der Waals surface area contributed by atoms with Gasteiger partial charge >= 0.3 is 0 Å². The van der Waals surface area contributed by atoms with Gasteiger partial charge in [0.25, 0.3) is 0 Å². The van der Waals surface area contributed by atoms with E-state index in [1.165, 1.54) is 11.1 Å². The number of benzene rings is 2. The molecule has 0 saturated carbocycles. The summed E-state index contributed by atoms with van der Waals surface area (Å²) in [4.78, 5) is 2.34. The fourth-order valence-electron chi connectivity index (χ4n) is 2.45. The molecule has 0 aliphatic heterocycles. The molecule has 0 aliphatic rings. The first kappa shape index (κ1) is 16.2. The highest BCUT2D eigenvalue weighted by Crippen LogP contribution is 2.15. The maximum absolute atomic E-state index is 9.03. The van der Waals surface area contributed by atoms with Gasteiger partial charge in [-0.2, -0.15) is 0 Å². The first-order chi connectivity index (χ1) is 10.8. The molecule has 2 rings (SSSR count). The molecule has 0 unspecified atom stereocenters. The summed E-state index contributed by atoms with van der Waals surface area (Å²) in [6.45, 7) is 5.66. The molecule has 0 amide bonds. The summed E-state index contributed by atoms with van der Waals surface area (Å²) >= 11 is 0. The quantitative estimate of drug-likeness (QED) is 0.749. The van der Waals surface area contributed by atoms with E-state index in [4.69, 9.17) is 5.11 Å². The average Bonchev–Trinajstić information content (AvgIpc) is 2.57. The van der Waals surface area contributed by atoms with E-state index in [0.717, 1.165) is 13.1 Å². The average molecular weight is 293 g/mol. The number of rotatable bonds is 8. The Morgan fingerprint density at radius 3 is 1.82 bits per heavy atom. The van der Waals surface area contributed by atoms with Crippen molar-refractivity contribution < 1.29 is 5.11 Å². The fourth-order valence-corrected chi connectivity index (χ4v) is 2.45. The summed E-state index contributed by atoms with van der Waals surface area (Å²) in [5.74, 6) is 0. The molecule has 0 saturated heterocycles. The molecule has 114 valence electrons. The van der Waals surface area contributed by atoms with E-state index in [1.54, 1.807) is 6.08 Å². The third-order valence-electron chi connectivity index (χ3n) is 3.56. The lowest BCUT2D eigenvalue weighted by Gasteiger charge is -2.28. The van der Waals surface area contributed by atoms with Gasteiger partial charge in [-0.15, -0.1) is 6.58 Å². The normalized spacial score (nSPS) is 12.6. The van der Waals surface area contributed by atoms with Crippen molar-refractivity contribution in [3.8, 4) is 0 Å². The Hall–Kier alpha value is -2.16. The highest BCUT2D eigenvalue weighted by Gasteiger charge is 2.13. The number of aliphatic hydroxyl groups is 1. The maximum Gasteiger partial charge on any atom is 0.0613 e. The molecule has 0 spiro atoms. The van der Waals surface area contributed by atoms with E-state index in [0.29, 0.717) is 0 Å². The van der Waals surface area contributed by atoms with Gasteiger partial charge in [0.15, 0.2) is 0 Å².